The van der Waals surface area contributed by atoms with Crippen LogP contribution in [0.1, 0.15) is 29.5 Å². The van der Waals surface area contributed by atoms with E-state index in [1.807, 2.05) is 7.05 Å². The summed E-state index contributed by atoms with van der Waals surface area (Å²) in [6.07, 6.45) is 2.27. The number of nitrogens with one attached hydrogen (secondary N) is 1. The molecule has 1 aromatic rings. The maximum Gasteiger partial charge on any atom is 0.125 e. The number of rotatable bonds is 6. The van der Waals surface area contributed by atoms with E-state index in [1.54, 1.807) is 0 Å². The maximum absolute atomic E-state index is 5.87. The minimum absolute atomic E-state index is 0.812. The van der Waals surface area contributed by atoms with E-state index in [2.05, 4.69) is 38.2 Å². The molecule has 0 saturated carbocycles. The number of hydrogen-bond acceptors (Lipinski definition) is 2. The van der Waals surface area contributed by atoms with Crippen molar-refractivity contribution in [1.82, 2.24) is 5.32 Å². The summed E-state index contributed by atoms with van der Waals surface area (Å²) in [7, 11) is 1.98. The summed E-state index contributed by atoms with van der Waals surface area (Å²) in [5.41, 5.74) is 3.81. The Balaban J connectivity index is 2.50. The zero-order valence-electron chi connectivity index (χ0n) is 10.9. The zero-order chi connectivity index (χ0) is 12.0. The third-order valence-corrected chi connectivity index (χ3v) is 2.94. The van der Waals surface area contributed by atoms with Gasteiger partial charge in [0, 0.05) is 0 Å². The van der Waals surface area contributed by atoms with Crippen LogP contribution >= 0.6 is 0 Å². The van der Waals surface area contributed by atoms with Crippen LogP contribution in [0.5, 0.6) is 5.75 Å². The minimum atomic E-state index is 0.812. The van der Waals surface area contributed by atoms with Gasteiger partial charge in [-0.15, -0.1) is 0 Å². The van der Waals surface area contributed by atoms with Crippen LogP contribution in [-0.2, 0) is 0 Å². The van der Waals surface area contributed by atoms with Gasteiger partial charge in [-0.05, 0) is 63.9 Å². The molecule has 0 heterocycles. The van der Waals surface area contributed by atoms with Gasteiger partial charge in [0.15, 0.2) is 0 Å². The molecule has 1 aromatic carbocycles. The van der Waals surface area contributed by atoms with E-state index in [0.29, 0.717) is 0 Å². The van der Waals surface area contributed by atoms with Crippen LogP contribution < -0.4 is 10.1 Å². The Morgan fingerprint density at radius 2 is 1.75 bits per heavy atom. The number of benzene rings is 1. The standard InChI is InChI=1S/C14H23NO/c1-11-7-8-12(2)14(13(11)3)16-10-6-5-9-15-4/h7-8,15H,5-6,9-10H2,1-4H3. The van der Waals surface area contributed by atoms with Crippen LogP contribution in [0.15, 0.2) is 12.1 Å². The van der Waals surface area contributed by atoms with Gasteiger partial charge in [-0.3, -0.25) is 0 Å². The van der Waals surface area contributed by atoms with Crippen LogP contribution in [-0.4, -0.2) is 20.2 Å². The molecule has 0 fully saturated rings. The first kappa shape index (κ1) is 13.0. The van der Waals surface area contributed by atoms with Crippen LogP contribution in [0, 0.1) is 20.8 Å². The molecule has 2 heteroatoms. The van der Waals surface area contributed by atoms with E-state index < -0.39 is 0 Å². The van der Waals surface area contributed by atoms with Gasteiger partial charge in [-0.2, -0.15) is 0 Å². The smallest absolute Gasteiger partial charge is 0.125 e. The fraction of sp³-hybridized carbons (Fsp3) is 0.571. The van der Waals surface area contributed by atoms with Crippen molar-refractivity contribution in [1.29, 1.82) is 0 Å². The van der Waals surface area contributed by atoms with E-state index in [-0.39, 0.29) is 0 Å². The summed E-state index contributed by atoms with van der Waals surface area (Å²) >= 11 is 0. The molecule has 0 aliphatic heterocycles. The normalized spacial score (nSPS) is 10.5. The lowest BCUT2D eigenvalue weighted by Crippen LogP contribution is -2.09. The maximum atomic E-state index is 5.87. The molecule has 90 valence electrons. The summed E-state index contributed by atoms with van der Waals surface area (Å²) in [4.78, 5) is 0. The summed E-state index contributed by atoms with van der Waals surface area (Å²) in [6.45, 7) is 8.24. The van der Waals surface area contributed by atoms with E-state index in [9.17, 15) is 0 Å². The Morgan fingerprint density at radius 1 is 1.06 bits per heavy atom. The molecule has 0 aliphatic rings. The highest BCUT2D eigenvalue weighted by atomic mass is 16.5. The predicted octanol–water partition coefficient (Wildman–Crippen LogP) is 2.99. The van der Waals surface area contributed by atoms with Gasteiger partial charge in [0.1, 0.15) is 5.75 Å². The van der Waals surface area contributed by atoms with Crippen molar-refractivity contribution in [2.75, 3.05) is 20.2 Å². The van der Waals surface area contributed by atoms with Crippen LogP contribution in [0.25, 0.3) is 0 Å². The molecule has 1 N–H and O–H groups in total. The van der Waals surface area contributed by atoms with E-state index in [4.69, 9.17) is 4.74 Å². The molecular weight excluding hydrogens is 198 g/mol. The quantitative estimate of drug-likeness (QED) is 0.746. The molecule has 0 spiro atoms. The van der Waals surface area contributed by atoms with Crippen LogP contribution in [0.4, 0.5) is 0 Å². The van der Waals surface area contributed by atoms with Crippen molar-refractivity contribution in [3.05, 3.63) is 28.8 Å². The van der Waals surface area contributed by atoms with Crippen molar-refractivity contribution in [3.63, 3.8) is 0 Å². The molecule has 0 unspecified atom stereocenters. The number of aryl methyl sites for hydroxylation is 2. The Bertz CT molecular complexity index is 334. The van der Waals surface area contributed by atoms with Gasteiger partial charge in [0.05, 0.1) is 6.61 Å². The largest absolute Gasteiger partial charge is 0.493 e. The van der Waals surface area contributed by atoms with Crippen molar-refractivity contribution in [2.45, 2.75) is 33.6 Å². The topological polar surface area (TPSA) is 21.3 Å². The van der Waals surface area contributed by atoms with Crippen molar-refractivity contribution >= 4 is 0 Å². The Kier molecular flexibility index (Phi) is 5.33. The average Bonchev–Trinajstić information content (AvgIpc) is 2.28. The first-order chi connectivity index (χ1) is 7.66. The van der Waals surface area contributed by atoms with Crippen molar-refractivity contribution in [3.8, 4) is 5.75 Å². The average molecular weight is 221 g/mol. The third kappa shape index (κ3) is 3.53. The Labute approximate surface area is 99.0 Å². The molecule has 0 radical (unpaired) electrons. The van der Waals surface area contributed by atoms with Gasteiger partial charge < -0.3 is 10.1 Å². The molecule has 2 nitrogen and oxygen atoms in total. The third-order valence-electron chi connectivity index (χ3n) is 2.94. The summed E-state index contributed by atoms with van der Waals surface area (Å²) in [5, 5.41) is 3.14. The first-order valence-electron chi connectivity index (χ1n) is 6.01. The van der Waals surface area contributed by atoms with Gasteiger partial charge in [-0.1, -0.05) is 12.1 Å². The molecule has 1 rings (SSSR count). The molecule has 0 atom stereocenters. The van der Waals surface area contributed by atoms with Crippen LogP contribution in [0.3, 0.4) is 0 Å². The number of hydrogen-bond donors (Lipinski definition) is 1. The molecular formula is C14H23NO. The van der Waals surface area contributed by atoms with E-state index in [1.165, 1.54) is 23.1 Å². The molecule has 0 bridgehead atoms. The highest BCUT2D eigenvalue weighted by Gasteiger charge is 2.05. The fourth-order valence-electron chi connectivity index (χ4n) is 1.73. The lowest BCUT2D eigenvalue weighted by atomic mass is 10.1. The van der Waals surface area contributed by atoms with Gasteiger partial charge in [0.25, 0.3) is 0 Å². The van der Waals surface area contributed by atoms with Gasteiger partial charge in [-0.25, -0.2) is 0 Å². The molecule has 0 saturated heterocycles. The fourth-order valence-corrected chi connectivity index (χ4v) is 1.73. The second kappa shape index (κ2) is 6.54. The van der Waals surface area contributed by atoms with E-state index in [0.717, 1.165) is 25.3 Å². The van der Waals surface area contributed by atoms with Crippen molar-refractivity contribution in [2.24, 2.45) is 0 Å². The summed E-state index contributed by atoms with van der Waals surface area (Å²) in [5.74, 6) is 1.07. The lowest BCUT2D eigenvalue weighted by Gasteiger charge is -2.13. The molecule has 0 amide bonds. The minimum Gasteiger partial charge on any atom is -0.493 e. The highest BCUT2D eigenvalue weighted by Crippen LogP contribution is 2.25. The monoisotopic (exact) mass is 221 g/mol. The highest BCUT2D eigenvalue weighted by molar-refractivity contribution is 5.44. The molecule has 0 aromatic heterocycles. The summed E-state index contributed by atoms with van der Waals surface area (Å²) in [6, 6.07) is 4.28. The van der Waals surface area contributed by atoms with Gasteiger partial charge in [0.2, 0.25) is 0 Å². The zero-order valence-corrected chi connectivity index (χ0v) is 10.9. The predicted molar refractivity (Wildman–Crippen MR) is 69.3 cm³/mol. The first-order valence-corrected chi connectivity index (χ1v) is 6.01. The molecule has 16 heavy (non-hydrogen) atoms. The Morgan fingerprint density at radius 3 is 2.44 bits per heavy atom. The second-order valence-corrected chi connectivity index (χ2v) is 4.31. The van der Waals surface area contributed by atoms with Crippen molar-refractivity contribution < 1.29 is 4.74 Å². The molecule has 0 aliphatic carbocycles. The Hall–Kier alpha value is -1.02. The van der Waals surface area contributed by atoms with Gasteiger partial charge >= 0.3 is 0 Å². The SMILES string of the molecule is CNCCCCOc1c(C)ccc(C)c1C. The number of unbranched alkanes of at least 4 members (excludes halogenated alkanes) is 1. The summed E-state index contributed by atoms with van der Waals surface area (Å²) < 4.78 is 5.87. The second-order valence-electron chi connectivity index (χ2n) is 4.31. The van der Waals surface area contributed by atoms with E-state index >= 15 is 0 Å². The van der Waals surface area contributed by atoms with Crippen LogP contribution in [0.2, 0.25) is 0 Å². The number of ether oxygens (including phenoxy) is 1. The lowest BCUT2D eigenvalue weighted by molar-refractivity contribution is 0.302.